The van der Waals surface area contributed by atoms with Gasteiger partial charge in [0.15, 0.2) is 0 Å². The zero-order chi connectivity index (χ0) is 22.9. The smallest absolute Gasteiger partial charge is 0.335 e. The van der Waals surface area contributed by atoms with Crippen molar-refractivity contribution in [2.75, 3.05) is 23.7 Å². The molecule has 33 heavy (non-hydrogen) atoms. The first-order chi connectivity index (χ1) is 16.0. The van der Waals surface area contributed by atoms with E-state index >= 15 is 0 Å². The lowest BCUT2D eigenvalue weighted by Gasteiger charge is -2.17. The molecule has 0 atom stereocenters. The standard InChI is InChI=1S/C25H25N5O3/c1-29-15-18(13-26-29)23(22-20-12-17(25(32)33)7-8-21(20)28-24(22)31)27-19-6-4-5-16(11-19)14-30-9-2-3-10-30/h4-8,11-13,15,27H,2-3,9-10,14H2,1H3,(H,28,31)(H,32,33)/b23-22-. The van der Waals surface area contributed by atoms with Gasteiger partial charge in [0, 0.05) is 42.3 Å². The van der Waals surface area contributed by atoms with E-state index in [1.165, 1.54) is 30.5 Å². The molecule has 2 aromatic carbocycles. The van der Waals surface area contributed by atoms with Crippen molar-refractivity contribution >= 4 is 34.5 Å². The number of aromatic carboxylic acids is 1. The summed E-state index contributed by atoms with van der Waals surface area (Å²) in [5.74, 6) is -1.32. The average molecular weight is 444 g/mol. The Morgan fingerprint density at radius 3 is 2.70 bits per heavy atom. The topological polar surface area (TPSA) is 99.5 Å². The van der Waals surface area contributed by atoms with Crippen molar-refractivity contribution in [1.82, 2.24) is 14.7 Å². The Morgan fingerprint density at radius 2 is 1.97 bits per heavy atom. The summed E-state index contributed by atoms with van der Waals surface area (Å²) < 4.78 is 1.67. The van der Waals surface area contributed by atoms with Crippen LogP contribution in [-0.4, -0.2) is 44.8 Å². The highest BCUT2D eigenvalue weighted by Crippen LogP contribution is 2.38. The molecular formula is C25H25N5O3. The van der Waals surface area contributed by atoms with E-state index in [9.17, 15) is 14.7 Å². The molecule has 1 aromatic heterocycles. The number of aromatic nitrogens is 2. The van der Waals surface area contributed by atoms with Crippen LogP contribution in [0.3, 0.4) is 0 Å². The molecule has 168 valence electrons. The second-order valence-electron chi connectivity index (χ2n) is 8.48. The minimum Gasteiger partial charge on any atom is -0.478 e. The Bertz CT molecular complexity index is 1270. The van der Waals surface area contributed by atoms with Crippen molar-refractivity contribution in [3.05, 3.63) is 77.1 Å². The zero-order valence-corrected chi connectivity index (χ0v) is 18.3. The normalized spacial score (nSPS) is 17.1. The van der Waals surface area contributed by atoms with Gasteiger partial charge in [-0.3, -0.25) is 14.4 Å². The number of hydrogen-bond acceptors (Lipinski definition) is 5. The summed E-state index contributed by atoms with van der Waals surface area (Å²) in [6, 6.07) is 12.8. The Balaban J connectivity index is 1.57. The first-order valence-corrected chi connectivity index (χ1v) is 11.0. The molecule has 3 N–H and O–H groups in total. The Morgan fingerprint density at radius 1 is 1.15 bits per heavy atom. The number of benzene rings is 2. The molecule has 1 fully saturated rings. The quantitative estimate of drug-likeness (QED) is 0.503. The van der Waals surface area contributed by atoms with Gasteiger partial charge in [-0.05, 0) is 61.8 Å². The third-order valence-corrected chi connectivity index (χ3v) is 6.06. The van der Waals surface area contributed by atoms with E-state index in [2.05, 4.69) is 32.8 Å². The van der Waals surface area contributed by atoms with Gasteiger partial charge in [0.05, 0.1) is 23.0 Å². The number of nitrogens with one attached hydrogen (secondary N) is 2. The minimum atomic E-state index is -1.04. The van der Waals surface area contributed by atoms with E-state index in [-0.39, 0.29) is 11.5 Å². The van der Waals surface area contributed by atoms with E-state index in [1.807, 2.05) is 25.4 Å². The SMILES string of the molecule is Cn1cc(/C(Nc2cccc(CN3CCCC3)c2)=C2/C(=O)Nc3ccc(C(=O)O)cc32)cn1. The van der Waals surface area contributed by atoms with Crippen molar-refractivity contribution in [2.45, 2.75) is 19.4 Å². The van der Waals surface area contributed by atoms with Crippen LogP contribution >= 0.6 is 0 Å². The fourth-order valence-electron chi connectivity index (χ4n) is 4.47. The summed E-state index contributed by atoms with van der Waals surface area (Å²) in [4.78, 5) is 27.0. The summed E-state index contributed by atoms with van der Waals surface area (Å²) in [5.41, 5.74) is 5.04. The number of likely N-dealkylation sites (tertiary alicyclic amines) is 1. The fraction of sp³-hybridized carbons (Fsp3) is 0.240. The maximum Gasteiger partial charge on any atom is 0.335 e. The van der Waals surface area contributed by atoms with Crippen LogP contribution in [0.2, 0.25) is 0 Å². The fourth-order valence-corrected chi connectivity index (χ4v) is 4.47. The molecule has 2 aliphatic heterocycles. The molecule has 1 saturated heterocycles. The number of anilines is 2. The van der Waals surface area contributed by atoms with Crippen LogP contribution in [0.25, 0.3) is 11.3 Å². The molecule has 3 aromatic rings. The van der Waals surface area contributed by atoms with Gasteiger partial charge >= 0.3 is 5.97 Å². The summed E-state index contributed by atoms with van der Waals surface area (Å²) in [6.07, 6.45) is 6.00. The highest BCUT2D eigenvalue weighted by atomic mass is 16.4. The Labute approximate surface area is 191 Å². The van der Waals surface area contributed by atoms with E-state index in [0.717, 1.165) is 30.9 Å². The molecule has 0 spiro atoms. The summed E-state index contributed by atoms with van der Waals surface area (Å²) >= 11 is 0. The van der Waals surface area contributed by atoms with Gasteiger partial charge in [-0.25, -0.2) is 4.79 Å². The van der Waals surface area contributed by atoms with Crippen molar-refractivity contribution in [1.29, 1.82) is 0 Å². The van der Waals surface area contributed by atoms with Crippen molar-refractivity contribution in [3.8, 4) is 0 Å². The predicted octanol–water partition coefficient (Wildman–Crippen LogP) is 3.65. The van der Waals surface area contributed by atoms with Crippen LogP contribution in [-0.2, 0) is 18.4 Å². The number of carbonyl (C=O) groups is 2. The zero-order valence-electron chi connectivity index (χ0n) is 18.3. The molecule has 0 saturated carbocycles. The molecule has 3 heterocycles. The van der Waals surface area contributed by atoms with Crippen LogP contribution in [0.4, 0.5) is 11.4 Å². The average Bonchev–Trinajstić information content (AvgIpc) is 3.52. The number of hydrogen-bond donors (Lipinski definition) is 3. The monoisotopic (exact) mass is 443 g/mol. The summed E-state index contributed by atoms with van der Waals surface area (Å²) in [6.45, 7) is 3.12. The Hall–Kier alpha value is -3.91. The molecule has 8 heteroatoms. The maximum absolute atomic E-state index is 13.0. The molecule has 0 bridgehead atoms. The lowest BCUT2D eigenvalue weighted by atomic mass is 9.99. The number of carboxylic acids is 1. The van der Waals surface area contributed by atoms with E-state index in [1.54, 1.807) is 16.9 Å². The molecule has 8 nitrogen and oxygen atoms in total. The third-order valence-electron chi connectivity index (χ3n) is 6.06. The number of aryl methyl sites for hydroxylation is 1. The van der Waals surface area contributed by atoms with Crippen LogP contribution < -0.4 is 10.6 Å². The first-order valence-electron chi connectivity index (χ1n) is 11.0. The molecule has 0 radical (unpaired) electrons. The predicted molar refractivity (Wildman–Crippen MR) is 127 cm³/mol. The molecule has 0 aliphatic carbocycles. The van der Waals surface area contributed by atoms with Gasteiger partial charge in [-0.15, -0.1) is 0 Å². The van der Waals surface area contributed by atoms with Gasteiger partial charge in [0.1, 0.15) is 0 Å². The van der Waals surface area contributed by atoms with Crippen LogP contribution in [0, 0.1) is 0 Å². The number of amides is 1. The van der Waals surface area contributed by atoms with Gasteiger partial charge in [0.2, 0.25) is 0 Å². The lowest BCUT2D eigenvalue weighted by molar-refractivity contribution is -0.110. The first kappa shape index (κ1) is 21.0. The van der Waals surface area contributed by atoms with Crippen LogP contribution in [0.5, 0.6) is 0 Å². The van der Waals surface area contributed by atoms with Crippen LogP contribution in [0.15, 0.2) is 54.9 Å². The third kappa shape index (κ3) is 4.25. The second-order valence-corrected chi connectivity index (χ2v) is 8.48. The van der Waals surface area contributed by atoms with E-state index in [0.29, 0.717) is 22.5 Å². The molecule has 1 amide bonds. The number of carboxylic acid groups (broad SMARTS) is 1. The Kier molecular flexibility index (Phi) is 5.43. The van der Waals surface area contributed by atoms with Gasteiger partial charge in [-0.2, -0.15) is 5.10 Å². The summed E-state index contributed by atoms with van der Waals surface area (Å²) in [5, 5.41) is 20.0. The van der Waals surface area contributed by atoms with Gasteiger partial charge < -0.3 is 15.7 Å². The minimum absolute atomic E-state index is 0.126. The molecule has 5 rings (SSSR count). The van der Waals surface area contributed by atoms with E-state index in [4.69, 9.17) is 0 Å². The number of nitrogens with zero attached hydrogens (tertiary/aromatic N) is 3. The largest absolute Gasteiger partial charge is 0.478 e. The number of carbonyl (C=O) groups excluding carboxylic acids is 1. The van der Waals surface area contributed by atoms with Crippen molar-refractivity contribution in [2.24, 2.45) is 7.05 Å². The highest BCUT2D eigenvalue weighted by molar-refractivity contribution is 6.37. The molecular weight excluding hydrogens is 418 g/mol. The lowest BCUT2D eigenvalue weighted by Crippen LogP contribution is -2.18. The van der Waals surface area contributed by atoms with Crippen molar-refractivity contribution in [3.63, 3.8) is 0 Å². The molecule has 2 aliphatic rings. The molecule has 0 unspecified atom stereocenters. The maximum atomic E-state index is 13.0. The van der Waals surface area contributed by atoms with Crippen molar-refractivity contribution < 1.29 is 14.7 Å². The summed E-state index contributed by atoms with van der Waals surface area (Å²) in [7, 11) is 1.81. The second kappa shape index (κ2) is 8.55. The van der Waals surface area contributed by atoms with E-state index < -0.39 is 5.97 Å². The number of rotatable bonds is 6. The van der Waals surface area contributed by atoms with Gasteiger partial charge in [-0.1, -0.05) is 12.1 Å². The number of fused-ring (bicyclic) bond motifs is 1. The van der Waals surface area contributed by atoms with Crippen LogP contribution in [0.1, 0.15) is 39.9 Å². The van der Waals surface area contributed by atoms with Gasteiger partial charge in [0.25, 0.3) is 5.91 Å². The highest BCUT2D eigenvalue weighted by Gasteiger charge is 2.30.